The van der Waals surface area contributed by atoms with Crippen LogP contribution in [0.3, 0.4) is 0 Å². The number of benzene rings is 1. The molecular formula is C12H17N3O. The SMILES string of the molecule is Cc1cc(N)ccc1NC(=O)N1CCCC1. The van der Waals surface area contributed by atoms with Gasteiger partial charge in [0.05, 0.1) is 0 Å². The molecule has 0 spiro atoms. The molecule has 1 fully saturated rings. The molecule has 0 aliphatic carbocycles. The van der Waals surface area contributed by atoms with Crippen LogP contribution in [0.5, 0.6) is 0 Å². The van der Waals surface area contributed by atoms with Crippen LogP contribution in [-0.2, 0) is 0 Å². The molecule has 86 valence electrons. The van der Waals surface area contributed by atoms with Gasteiger partial charge in [-0.1, -0.05) is 0 Å². The number of amides is 2. The molecule has 1 aromatic carbocycles. The molecule has 1 aromatic rings. The van der Waals surface area contributed by atoms with Crippen LogP contribution in [0.25, 0.3) is 0 Å². The average Bonchev–Trinajstić information content (AvgIpc) is 2.75. The van der Waals surface area contributed by atoms with Crippen LogP contribution >= 0.6 is 0 Å². The number of likely N-dealkylation sites (tertiary alicyclic amines) is 1. The normalized spacial score (nSPS) is 15.2. The van der Waals surface area contributed by atoms with Gasteiger partial charge in [-0.15, -0.1) is 0 Å². The summed E-state index contributed by atoms with van der Waals surface area (Å²) >= 11 is 0. The minimum absolute atomic E-state index is 0.00892. The highest BCUT2D eigenvalue weighted by atomic mass is 16.2. The van der Waals surface area contributed by atoms with Crippen molar-refractivity contribution in [2.45, 2.75) is 19.8 Å². The fourth-order valence-corrected chi connectivity index (χ4v) is 1.94. The van der Waals surface area contributed by atoms with E-state index in [0.717, 1.165) is 42.9 Å². The summed E-state index contributed by atoms with van der Waals surface area (Å²) < 4.78 is 0. The van der Waals surface area contributed by atoms with Crippen LogP contribution in [0.15, 0.2) is 18.2 Å². The molecule has 1 aliphatic rings. The number of hydrogen-bond acceptors (Lipinski definition) is 2. The first kappa shape index (κ1) is 10.8. The van der Waals surface area contributed by atoms with Crippen LogP contribution < -0.4 is 11.1 Å². The average molecular weight is 219 g/mol. The van der Waals surface area contributed by atoms with Gasteiger partial charge >= 0.3 is 6.03 Å². The minimum atomic E-state index is -0.00892. The van der Waals surface area contributed by atoms with E-state index in [1.807, 2.05) is 24.0 Å². The van der Waals surface area contributed by atoms with E-state index >= 15 is 0 Å². The summed E-state index contributed by atoms with van der Waals surface area (Å²) in [5.41, 5.74) is 8.21. The lowest BCUT2D eigenvalue weighted by molar-refractivity contribution is 0.222. The van der Waals surface area contributed by atoms with Crippen molar-refractivity contribution in [2.24, 2.45) is 0 Å². The number of nitrogens with zero attached hydrogens (tertiary/aromatic N) is 1. The summed E-state index contributed by atoms with van der Waals surface area (Å²) in [5.74, 6) is 0. The standard InChI is InChI=1S/C12H17N3O/c1-9-8-10(13)4-5-11(9)14-12(16)15-6-2-3-7-15/h4-5,8H,2-3,6-7,13H2,1H3,(H,14,16). The quantitative estimate of drug-likeness (QED) is 0.711. The molecule has 2 amide bonds. The van der Waals surface area contributed by atoms with Crippen LogP contribution in [0.2, 0.25) is 0 Å². The molecule has 0 radical (unpaired) electrons. The van der Waals surface area contributed by atoms with Gasteiger partial charge < -0.3 is 16.0 Å². The lowest BCUT2D eigenvalue weighted by Gasteiger charge is -2.17. The third-order valence-corrected chi connectivity index (χ3v) is 2.89. The number of nitrogens with two attached hydrogens (primary N) is 1. The van der Waals surface area contributed by atoms with Crippen LogP contribution in [-0.4, -0.2) is 24.0 Å². The molecule has 4 nitrogen and oxygen atoms in total. The molecular weight excluding hydrogens is 202 g/mol. The predicted octanol–water partition coefficient (Wildman–Crippen LogP) is 2.20. The van der Waals surface area contributed by atoms with Crippen molar-refractivity contribution in [3.8, 4) is 0 Å². The van der Waals surface area contributed by atoms with E-state index in [2.05, 4.69) is 5.32 Å². The van der Waals surface area contributed by atoms with Gasteiger partial charge in [0, 0.05) is 24.5 Å². The maximum atomic E-state index is 11.8. The van der Waals surface area contributed by atoms with Gasteiger partial charge in [0.25, 0.3) is 0 Å². The van der Waals surface area contributed by atoms with E-state index in [-0.39, 0.29) is 6.03 Å². The van der Waals surface area contributed by atoms with Crippen LogP contribution in [0.1, 0.15) is 18.4 Å². The zero-order valence-corrected chi connectivity index (χ0v) is 9.49. The lowest BCUT2D eigenvalue weighted by Crippen LogP contribution is -2.32. The molecule has 2 rings (SSSR count). The van der Waals surface area contributed by atoms with Gasteiger partial charge in [0.1, 0.15) is 0 Å². The Morgan fingerprint density at radius 1 is 1.38 bits per heavy atom. The number of carbonyl (C=O) groups is 1. The molecule has 0 unspecified atom stereocenters. The van der Waals surface area contributed by atoms with Gasteiger partial charge in [-0.2, -0.15) is 0 Å². The Morgan fingerprint density at radius 2 is 2.06 bits per heavy atom. The number of aryl methyl sites for hydroxylation is 1. The maximum Gasteiger partial charge on any atom is 0.321 e. The van der Waals surface area contributed by atoms with Crippen molar-refractivity contribution < 1.29 is 4.79 Å². The van der Waals surface area contributed by atoms with Crippen molar-refractivity contribution in [3.05, 3.63) is 23.8 Å². The number of nitrogen functional groups attached to an aromatic ring is 1. The highest BCUT2D eigenvalue weighted by molar-refractivity contribution is 5.90. The van der Waals surface area contributed by atoms with E-state index in [9.17, 15) is 4.79 Å². The molecule has 3 N–H and O–H groups in total. The molecule has 1 heterocycles. The fourth-order valence-electron chi connectivity index (χ4n) is 1.94. The van der Waals surface area contributed by atoms with E-state index in [0.29, 0.717) is 0 Å². The largest absolute Gasteiger partial charge is 0.399 e. The number of anilines is 2. The predicted molar refractivity (Wildman–Crippen MR) is 65.4 cm³/mol. The fraction of sp³-hybridized carbons (Fsp3) is 0.417. The molecule has 4 heteroatoms. The summed E-state index contributed by atoms with van der Waals surface area (Å²) in [7, 11) is 0. The van der Waals surface area contributed by atoms with Crippen molar-refractivity contribution in [1.29, 1.82) is 0 Å². The first-order valence-electron chi connectivity index (χ1n) is 5.59. The Balaban J connectivity index is 2.05. The second-order valence-electron chi connectivity index (χ2n) is 4.20. The monoisotopic (exact) mass is 219 g/mol. The third-order valence-electron chi connectivity index (χ3n) is 2.89. The molecule has 0 saturated carbocycles. The highest BCUT2D eigenvalue weighted by Gasteiger charge is 2.17. The van der Waals surface area contributed by atoms with Gasteiger partial charge in [-0.25, -0.2) is 4.79 Å². The van der Waals surface area contributed by atoms with Gasteiger partial charge in [0.15, 0.2) is 0 Å². The summed E-state index contributed by atoms with van der Waals surface area (Å²) in [6.45, 7) is 3.66. The molecule has 0 bridgehead atoms. The summed E-state index contributed by atoms with van der Waals surface area (Å²) in [5, 5.41) is 2.91. The Morgan fingerprint density at radius 3 is 2.69 bits per heavy atom. The Hall–Kier alpha value is -1.71. The summed E-state index contributed by atoms with van der Waals surface area (Å²) in [6, 6.07) is 5.50. The maximum absolute atomic E-state index is 11.8. The van der Waals surface area contributed by atoms with Crippen molar-refractivity contribution in [2.75, 3.05) is 24.1 Å². The second kappa shape index (κ2) is 4.43. The van der Waals surface area contributed by atoms with Crippen molar-refractivity contribution in [3.63, 3.8) is 0 Å². The first-order chi connectivity index (χ1) is 7.66. The van der Waals surface area contributed by atoms with Gasteiger partial charge in [0.2, 0.25) is 0 Å². The Labute approximate surface area is 95.4 Å². The molecule has 0 atom stereocenters. The van der Waals surface area contributed by atoms with Gasteiger partial charge in [-0.05, 0) is 43.5 Å². The van der Waals surface area contributed by atoms with E-state index in [1.165, 1.54) is 0 Å². The molecule has 16 heavy (non-hydrogen) atoms. The zero-order valence-electron chi connectivity index (χ0n) is 9.49. The number of rotatable bonds is 1. The topological polar surface area (TPSA) is 58.4 Å². The Bertz CT molecular complexity index is 397. The van der Waals surface area contributed by atoms with E-state index in [1.54, 1.807) is 6.07 Å². The number of nitrogens with one attached hydrogen (secondary N) is 1. The molecule has 0 aromatic heterocycles. The number of urea groups is 1. The first-order valence-corrected chi connectivity index (χ1v) is 5.59. The summed E-state index contributed by atoms with van der Waals surface area (Å²) in [4.78, 5) is 13.7. The van der Waals surface area contributed by atoms with E-state index in [4.69, 9.17) is 5.73 Å². The highest BCUT2D eigenvalue weighted by Crippen LogP contribution is 2.19. The van der Waals surface area contributed by atoms with Crippen LogP contribution in [0.4, 0.5) is 16.2 Å². The van der Waals surface area contributed by atoms with E-state index < -0.39 is 0 Å². The number of hydrogen-bond donors (Lipinski definition) is 2. The smallest absolute Gasteiger partial charge is 0.321 e. The minimum Gasteiger partial charge on any atom is -0.399 e. The Kier molecular flexibility index (Phi) is 2.99. The summed E-state index contributed by atoms with van der Waals surface area (Å²) in [6.07, 6.45) is 2.21. The molecule has 1 saturated heterocycles. The van der Waals surface area contributed by atoms with Crippen molar-refractivity contribution >= 4 is 17.4 Å². The van der Waals surface area contributed by atoms with Gasteiger partial charge in [-0.3, -0.25) is 0 Å². The second-order valence-corrected chi connectivity index (χ2v) is 4.20. The number of carbonyl (C=O) groups excluding carboxylic acids is 1. The molecule has 1 aliphatic heterocycles. The third kappa shape index (κ3) is 2.27. The lowest BCUT2D eigenvalue weighted by atomic mass is 10.2. The zero-order chi connectivity index (χ0) is 11.5. The van der Waals surface area contributed by atoms with Crippen LogP contribution in [0, 0.1) is 6.92 Å². The van der Waals surface area contributed by atoms with Crippen molar-refractivity contribution in [1.82, 2.24) is 4.90 Å².